The summed E-state index contributed by atoms with van der Waals surface area (Å²) >= 11 is 0. The molecule has 2 N–H and O–H groups in total. The highest BCUT2D eigenvalue weighted by atomic mass is 16.4. The van der Waals surface area contributed by atoms with Crippen molar-refractivity contribution >= 4 is 11.9 Å². The van der Waals surface area contributed by atoms with E-state index in [1.165, 1.54) is 25.3 Å². The van der Waals surface area contributed by atoms with E-state index in [-0.39, 0.29) is 5.76 Å². The highest BCUT2D eigenvalue weighted by Gasteiger charge is 2.24. The van der Waals surface area contributed by atoms with Gasteiger partial charge in [0.1, 0.15) is 0 Å². The van der Waals surface area contributed by atoms with E-state index in [1.807, 2.05) is 0 Å². The molecule has 0 spiro atoms. The largest absolute Gasteiger partial charge is 0.475 e. The molecule has 0 aliphatic heterocycles. The van der Waals surface area contributed by atoms with Crippen molar-refractivity contribution in [2.24, 2.45) is 5.92 Å². The summed E-state index contributed by atoms with van der Waals surface area (Å²) in [5.74, 6) is 0.222. The third kappa shape index (κ3) is 2.81. The summed E-state index contributed by atoms with van der Waals surface area (Å²) in [6.07, 6.45) is 6.09. The number of carboxylic acids is 1. The molecule has 1 heterocycles. The maximum atomic E-state index is 10.7. The van der Waals surface area contributed by atoms with Crippen LogP contribution < -0.4 is 5.32 Å². The van der Waals surface area contributed by atoms with Crippen molar-refractivity contribution in [3.05, 3.63) is 17.9 Å². The van der Waals surface area contributed by atoms with E-state index in [0.717, 1.165) is 12.8 Å². The van der Waals surface area contributed by atoms with Crippen LogP contribution >= 0.6 is 0 Å². The van der Waals surface area contributed by atoms with Crippen molar-refractivity contribution in [1.82, 2.24) is 0 Å². The zero-order valence-corrected chi connectivity index (χ0v) is 10.1. The first-order valence-corrected chi connectivity index (χ1v) is 6.30. The molecule has 1 aliphatic carbocycles. The Morgan fingerprint density at radius 3 is 2.88 bits per heavy atom. The summed E-state index contributed by atoms with van der Waals surface area (Å²) in [6, 6.07) is 3.61. The number of carboxylic acid groups (broad SMARTS) is 1. The summed E-state index contributed by atoms with van der Waals surface area (Å²) in [5.41, 5.74) is 0. The Labute approximate surface area is 101 Å². The monoisotopic (exact) mass is 237 g/mol. The van der Waals surface area contributed by atoms with Gasteiger partial charge < -0.3 is 14.8 Å². The Balaban J connectivity index is 2.00. The zero-order chi connectivity index (χ0) is 12.3. The first-order chi connectivity index (χ1) is 8.20. The van der Waals surface area contributed by atoms with Gasteiger partial charge in [-0.1, -0.05) is 26.2 Å². The number of nitrogens with one attached hydrogen (secondary N) is 1. The molecule has 2 rings (SSSR count). The van der Waals surface area contributed by atoms with Crippen LogP contribution in [0.5, 0.6) is 0 Å². The highest BCUT2D eigenvalue weighted by molar-refractivity contribution is 5.84. The van der Waals surface area contributed by atoms with E-state index >= 15 is 0 Å². The minimum atomic E-state index is -1.02. The van der Waals surface area contributed by atoms with Crippen LogP contribution in [-0.2, 0) is 0 Å². The first kappa shape index (κ1) is 12.0. The number of carbonyl (C=O) groups is 1. The van der Waals surface area contributed by atoms with Crippen molar-refractivity contribution < 1.29 is 14.3 Å². The van der Waals surface area contributed by atoms with Gasteiger partial charge in [0, 0.05) is 12.1 Å². The Hall–Kier alpha value is -1.45. The van der Waals surface area contributed by atoms with Gasteiger partial charge in [0.2, 0.25) is 5.76 Å². The van der Waals surface area contributed by atoms with Crippen molar-refractivity contribution in [2.75, 3.05) is 5.32 Å². The van der Waals surface area contributed by atoms with Crippen LogP contribution in [0.2, 0.25) is 0 Å². The fourth-order valence-electron chi connectivity index (χ4n) is 2.60. The third-order valence-electron chi connectivity index (χ3n) is 3.58. The average molecular weight is 237 g/mol. The van der Waals surface area contributed by atoms with Gasteiger partial charge in [-0.3, -0.25) is 0 Å². The summed E-state index contributed by atoms with van der Waals surface area (Å²) in [4.78, 5) is 10.7. The van der Waals surface area contributed by atoms with Gasteiger partial charge in [-0.2, -0.15) is 0 Å². The van der Waals surface area contributed by atoms with Gasteiger partial charge in [0.25, 0.3) is 0 Å². The Morgan fingerprint density at radius 1 is 1.47 bits per heavy atom. The molecule has 0 radical (unpaired) electrons. The molecular weight excluding hydrogens is 218 g/mol. The molecule has 1 fully saturated rings. The lowest BCUT2D eigenvalue weighted by Crippen LogP contribution is -2.31. The molecule has 1 saturated carbocycles. The van der Waals surface area contributed by atoms with E-state index in [4.69, 9.17) is 9.52 Å². The standard InChI is InChI=1S/C13H19NO3/c1-2-9-5-3-4-6-10(9)14-12-8-7-11(17-12)13(15)16/h7-10,14H,2-6H2,1H3,(H,15,16). The van der Waals surface area contributed by atoms with Crippen LogP contribution in [-0.4, -0.2) is 17.1 Å². The van der Waals surface area contributed by atoms with Gasteiger partial charge in [0.15, 0.2) is 5.88 Å². The molecule has 0 aromatic carbocycles. The number of hydrogen-bond donors (Lipinski definition) is 2. The fraction of sp³-hybridized carbons (Fsp3) is 0.615. The minimum absolute atomic E-state index is 0.00337. The molecule has 0 bridgehead atoms. The average Bonchev–Trinajstić information content (AvgIpc) is 2.78. The van der Waals surface area contributed by atoms with E-state index in [1.54, 1.807) is 6.07 Å². The van der Waals surface area contributed by atoms with Crippen LogP contribution in [0, 0.1) is 5.92 Å². The van der Waals surface area contributed by atoms with E-state index in [0.29, 0.717) is 17.8 Å². The molecule has 1 aromatic heterocycles. The lowest BCUT2D eigenvalue weighted by atomic mass is 9.83. The van der Waals surface area contributed by atoms with Crippen molar-refractivity contribution in [3.8, 4) is 0 Å². The van der Waals surface area contributed by atoms with Crippen molar-refractivity contribution in [3.63, 3.8) is 0 Å². The van der Waals surface area contributed by atoms with Gasteiger partial charge >= 0.3 is 5.97 Å². The topological polar surface area (TPSA) is 62.5 Å². The molecule has 2 unspecified atom stereocenters. The molecule has 17 heavy (non-hydrogen) atoms. The smallest absolute Gasteiger partial charge is 0.371 e. The lowest BCUT2D eigenvalue weighted by molar-refractivity contribution is 0.0663. The fourth-order valence-corrected chi connectivity index (χ4v) is 2.60. The minimum Gasteiger partial charge on any atom is -0.475 e. The molecular formula is C13H19NO3. The van der Waals surface area contributed by atoms with Crippen molar-refractivity contribution in [2.45, 2.75) is 45.1 Å². The van der Waals surface area contributed by atoms with Gasteiger partial charge in [-0.05, 0) is 24.8 Å². The van der Waals surface area contributed by atoms with E-state index < -0.39 is 5.97 Å². The van der Waals surface area contributed by atoms with Gasteiger partial charge in [-0.25, -0.2) is 4.79 Å². The second-order valence-corrected chi connectivity index (χ2v) is 4.67. The normalized spacial score (nSPS) is 24.5. The summed E-state index contributed by atoms with van der Waals surface area (Å²) in [7, 11) is 0. The highest BCUT2D eigenvalue weighted by Crippen LogP contribution is 2.29. The summed E-state index contributed by atoms with van der Waals surface area (Å²) in [6.45, 7) is 2.20. The van der Waals surface area contributed by atoms with Crippen molar-refractivity contribution in [1.29, 1.82) is 0 Å². The Morgan fingerprint density at radius 2 is 2.24 bits per heavy atom. The Bertz CT molecular complexity index is 386. The quantitative estimate of drug-likeness (QED) is 0.842. The predicted octanol–water partition coefficient (Wildman–Crippen LogP) is 3.36. The van der Waals surface area contributed by atoms with Crippen LogP contribution in [0.15, 0.2) is 16.5 Å². The van der Waals surface area contributed by atoms with Crippen LogP contribution in [0.25, 0.3) is 0 Å². The van der Waals surface area contributed by atoms with E-state index in [9.17, 15) is 4.79 Å². The summed E-state index contributed by atoms with van der Waals surface area (Å²) in [5, 5.41) is 12.1. The predicted molar refractivity (Wildman–Crippen MR) is 65.3 cm³/mol. The number of aromatic carboxylic acids is 1. The molecule has 4 nitrogen and oxygen atoms in total. The second kappa shape index (κ2) is 5.25. The maximum Gasteiger partial charge on any atom is 0.371 e. The summed E-state index contributed by atoms with van der Waals surface area (Å²) < 4.78 is 5.23. The number of anilines is 1. The van der Waals surface area contributed by atoms with Crippen LogP contribution in [0.4, 0.5) is 5.88 Å². The molecule has 0 saturated heterocycles. The molecule has 4 heteroatoms. The third-order valence-corrected chi connectivity index (χ3v) is 3.58. The first-order valence-electron chi connectivity index (χ1n) is 6.30. The van der Waals surface area contributed by atoms with Crippen LogP contribution in [0.3, 0.4) is 0 Å². The lowest BCUT2D eigenvalue weighted by Gasteiger charge is -2.31. The SMILES string of the molecule is CCC1CCCCC1Nc1ccc(C(=O)O)o1. The van der Waals surface area contributed by atoms with Gasteiger partial charge in [0.05, 0.1) is 0 Å². The second-order valence-electron chi connectivity index (χ2n) is 4.67. The molecule has 0 amide bonds. The molecule has 1 aromatic rings. The Kier molecular flexibility index (Phi) is 3.71. The number of hydrogen-bond acceptors (Lipinski definition) is 3. The molecule has 94 valence electrons. The molecule has 1 aliphatic rings. The zero-order valence-electron chi connectivity index (χ0n) is 10.1. The number of furan rings is 1. The van der Waals surface area contributed by atoms with Gasteiger partial charge in [-0.15, -0.1) is 0 Å². The molecule has 2 atom stereocenters. The van der Waals surface area contributed by atoms with Crippen LogP contribution in [0.1, 0.15) is 49.6 Å². The number of rotatable bonds is 4. The maximum absolute atomic E-state index is 10.7. The van der Waals surface area contributed by atoms with E-state index in [2.05, 4.69) is 12.2 Å².